The van der Waals surface area contributed by atoms with Gasteiger partial charge in [-0.05, 0) is 127 Å². The van der Waals surface area contributed by atoms with Crippen LogP contribution in [0.1, 0.15) is 58.8 Å². The van der Waals surface area contributed by atoms with Crippen LogP contribution in [0.15, 0.2) is 93.7 Å². The molecule has 0 aliphatic carbocycles. The van der Waals surface area contributed by atoms with Crippen LogP contribution in [0.4, 0.5) is 11.6 Å². The van der Waals surface area contributed by atoms with Crippen molar-refractivity contribution in [2.45, 2.75) is 65.1 Å². The van der Waals surface area contributed by atoms with Gasteiger partial charge in [-0.2, -0.15) is 4.98 Å². The highest BCUT2D eigenvalue weighted by Crippen LogP contribution is 2.44. The van der Waals surface area contributed by atoms with Crippen molar-refractivity contribution in [1.82, 2.24) is 14.8 Å². The van der Waals surface area contributed by atoms with Crippen LogP contribution in [0.5, 0.6) is 11.5 Å². The lowest BCUT2D eigenvalue weighted by atomic mass is 9.94. The van der Waals surface area contributed by atoms with E-state index < -0.39 is 6.04 Å². The number of benzene rings is 4. The summed E-state index contributed by atoms with van der Waals surface area (Å²) in [5, 5.41) is 12.6. The fraction of sp³-hybridized carbons (Fsp3) is 0.256. The number of carbonyl (C=O) groups is 1. The number of rotatable bonds is 11. The molecule has 0 bridgehead atoms. The van der Waals surface area contributed by atoms with E-state index in [-0.39, 0.29) is 5.91 Å². The number of allylic oxidation sites excluding steroid dienone is 1. The number of amides is 1. The molecular formula is C39H39BrClN5O3S. The van der Waals surface area contributed by atoms with Crippen molar-refractivity contribution in [2.24, 2.45) is 0 Å². The van der Waals surface area contributed by atoms with Gasteiger partial charge in [0.05, 0.1) is 16.7 Å². The van der Waals surface area contributed by atoms with Crippen LogP contribution < -0.4 is 20.1 Å². The molecule has 2 heterocycles. The van der Waals surface area contributed by atoms with Gasteiger partial charge in [0.15, 0.2) is 11.5 Å². The Bertz CT molecular complexity index is 2110. The standard InChI is InChI=1S/C39H39BrClN5O3S/c1-7-48-33-19-28(18-31(40)36(33)49-20-29-17-24(4)23(3)16-25(29)5)35-34(37(47)43-30-13-10-11-22(2)15-30)26(6)42-38-44-39(45-46(35)38)50-21-27-12-8-9-14-32(27)41/h8-19,35H,7,20-21H2,1-6H3,(H,43,47)(H,42,44,45). The van der Waals surface area contributed by atoms with Gasteiger partial charge in [-0.1, -0.05) is 65.8 Å². The predicted octanol–water partition coefficient (Wildman–Crippen LogP) is 10.1. The summed E-state index contributed by atoms with van der Waals surface area (Å²) < 4.78 is 15.1. The lowest BCUT2D eigenvalue weighted by Gasteiger charge is -2.29. The summed E-state index contributed by atoms with van der Waals surface area (Å²) in [6, 6.07) is 23.1. The molecule has 1 amide bonds. The average molecular weight is 773 g/mol. The number of fused-ring (bicyclic) bond motifs is 1. The third-order valence-electron chi connectivity index (χ3n) is 8.64. The van der Waals surface area contributed by atoms with Crippen molar-refractivity contribution in [2.75, 3.05) is 17.2 Å². The number of ether oxygens (including phenoxy) is 2. The zero-order valence-electron chi connectivity index (χ0n) is 28.9. The minimum absolute atomic E-state index is 0.253. The molecule has 0 spiro atoms. The quantitative estimate of drug-likeness (QED) is 0.129. The zero-order valence-corrected chi connectivity index (χ0v) is 32.0. The Morgan fingerprint density at radius 1 is 0.960 bits per heavy atom. The molecule has 0 radical (unpaired) electrons. The lowest BCUT2D eigenvalue weighted by Crippen LogP contribution is -2.31. The smallest absolute Gasteiger partial charge is 0.255 e. The summed E-state index contributed by atoms with van der Waals surface area (Å²) in [6.45, 7) is 12.9. The van der Waals surface area contributed by atoms with Crippen molar-refractivity contribution in [1.29, 1.82) is 0 Å². The molecule has 11 heteroatoms. The van der Waals surface area contributed by atoms with Crippen LogP contribution >= 0.6 is 39.3 Å². The summed E-state index contributed by atoms with van der Waals surface area (Å²) >= 11 is 11.7. The predicted molar refractivity (Wildman–Crippen MR) is 206 cm³/mol. The minimum Gasteiger partial charge on any atom is -0.490 e. The molecule has 1 atom stereocenters. The van der Waals surface area contributed by atoms with Gasteiger partial charge in [0, 0.05) is 22.2 Å². The van der Waals surface area contributed by atoms with Gasteiger partial charge in [-0.3, -0.25) is 4.79 Å². The van der Waals surface area contributed by atoms with Gasteiger partial charge in [-0.25, -0.2) is 4.68 Å². The Kier molecular flexibility index (Phi) is 10.9. The molecule has 258 valence electrons. The van der Waals surface area contributed by atoms with Crippen molar-refractivity contribution in [3.05, 3.63) is 133 Å². The first-order valence-electron chi connectivity index (χ1n) is 16.4. The molecule has 6 rings (SSSR count). The number of aryl methyl sites for hydroxylation is 4. The second-order valence-electron chi connectivity index (χ2n) is 12.3. The summed E-state index contributed by atoms with van der Waals surface area (Å²) in [4.78, 5) is 19.0. The maximum absolute atomic E-state index is 14.2. The van der Waals surface area contributed by atoms with E-state index in [0.29, 0.717) is 68.0 Å². The summed E-state index contributed by atoms with van der Waals surface area (Å²) in [5.74, 6) is 2.01. The molecule has 1 aliphatic heterocycles. The molecule has 0 saturated heterocycles. The number of thioether (sulfide) groups is 1. The first-order chi connectivity index (χ1) is 24.0. The van der Waals surface area contributed by atoms with Crippen LogP contribution in [0.2, 0.25) is 5.02 Å². The first-order valence-corrected chi connectivity index (χ1v) is 18.5. The number of hydrogen-bond acceptors (Lipinski definition) is 7. The van der Waals surface area contributed by atoms with Gasteiger partial charge >= 0.3 is 0 Å². The van der Waals surface area contributed by atoms with E-state index >= 15 is 0 Å². The number of aromatic nitrogens is 3. The number of nitrogens with zero attached hydrogens (tertiary/aromatic N) is 3. The Morgan fingerprint density at radius 3 is 2.50 bits per heavy atom. The van der Waals surface area contributed by atoms with E-state index in [1.165, 1.54) is 28.5 Å². The van der Waals surface area contributed by atoms with Crippen molar-refractivity contribution in [3.63, 3.8) is 0 Å². The van der Waals surface area contributed by atoms with E-state index in [1.54, 1.807) is 4.68 Å². The molecule has 1 aliphatic rings. The molecular weight excluding hydrogens is 734 g/mol. The summed E-state index contributed by atoms with van der Waals surface area (Å²) in [7, 11) is 0. The third-order valence-corrected chi connectivity index (χ3v) is 10.5. The highest BCUT2D eigenvalue weighted by molar-refractivity contribution is 9.10. The SMILES string of the molecule is CCOc1cc(C2C(C(=O)Nc3cccc(C)c3)=C(C)Nc3nc(SCc4ccccc4Cl)nn32)cc(Br)c1OCc1cc(C)c(C)cc1C. The molecule has 0 saturated carbocycles. The molecule has 4 aromatic carbocycles. The molecule has 1 aromatic heterocycles. The number of hydrogen-bond donors (Lipinski definition) is 2. The van der Waals surface area contributed by atoms with Crippen LogP contribution in [0, 0.1) is 27.7 Å². The van der Waals surface area contributed by atoms with Crippen LogP contribution in [-0.4, -0.2) is 27.3 Å². The molecule has 8 nitrogen and oxygen atoms in total. The fourth-order valence-electron chi connectivity index (χ4n) is 5.95. The second kappa shape index (κ2) is 15.3. The highest BCUT2D eigenvalue weighted by Gasteiger charge is 2.35. The van der Waals surface area contributed by atoms with Crippen molar-refractivity contribution < 1.29 is 14.3 Å². The minimum atomic E-state index is -0.634. The van der Waals surface area contributed by atoms with Gasteiger partial charge in [0.1, 0.15) is 12.6 Å². The topological polar surface area (TPSA) is 90.3 Å². The Labute approximate surface area is 310 Å². The molecule has 5 aromatic rings. The second-order valence-corrected chi connectivity index (χ2v) is 14.6. The Balaban J connectivity index is 1.39. The number of anilines is 2. The van der Waals surface area contributed by atoms with Crippen molar-refractivity contribution in [3.8, 4) is 11.5 Å². The lowest BCUT2D eigenvalue weighted by molar-refractivity contribution is -0.113. The fourth-order valence-corrected chi connectivity index (χ4v) is 7.64. The van der Waals surface area contributed by atoms with E-state index in [0.717, 1.165) is 22.3 Å². The van der Waals surface area contributed by atoms with Crippen LogP contribution in [-0.2, 0) is 17.2 Å². The molecule has 50 heavy (non-hydrogen) atoms. The number of nitrogens with one attached hydrogen (secondary N) is 2. The van der Waals surface area contributed by atoms with E-state index in [2.05, 4.69) is 59.5 Å². The average Bonchev–Trinajstić information content (AvgIpc) is 3.47. The maximum Gasteiger partial charge on any atom is 0.255 e. The highest BCUT2D eigenvalue weighted by atomic mass is 79.9. The van der Waals surface area contributed by atoms with Gasteiger partial charge in [0.2, 0.25) is 11.1 Å². The Morgan fingerprint density at radius 2 is 1.74 bits per heavy atom. The van der Waals surface area contributed by atoms with Crippen molar-refractivity contribution >= 4 is 56.8 Å². The third kappa shape index (κ3) is 7.72. The van der Waals surface area contributed by atoms with E-state index in [1.807, 2.05) is 81.4 Å². The summed E-state index contributed by atoms with van der Waals surface area (Å²) in [6.07, 6.45) is 0. The molecule has 2 N–H and O–H groups in total. The largest absolute Gasteiger partial charge is 0.490 e. The monoisotopic (exact) mass is 771 g/mol. The first kappa shape index (κ1) is 35.6. The van der Waals surface area contributed by atoms with Gasteiger partial charge in [0.25, 0.3) is 5.91 Å². The number of carbonyl (C=O) groups excluding carboxylic acids is 1. The van der Waals surface area contributed by atoms with E-state index in [4.69, 9.17) is 31.2 Å². The van der Waals surface area contributed by atoms with Crippen LogP contribution in [0.3, 0.4) is 0 Å². The zero-order chi connectivity index (χ0) is 35.5. The van der Waals surface area contributed by atoms with Crippen LogP contribution in [0.25, 0.3) is 0 Å². The van der Waals surface area contributed by atoms with E-state index in [9.17, 15) is 4.79 Å². The molecule has 1 unspecified atom stereocenters. The van der Waals surface area contributed by atoms with Gasteiger partial charge in [-0.15, -0.1) is 5.10 Å². The van der Waals surface area contributed by atoms with Gasteiger partial charge < -0.3 is 20.1 Å². The number of halogens is 2. The normalized spacial score (nSPS) is 13.9. The molecule has 0 fully saturated rings. The summed E-state index contributed by atoms with van der Waals surface area (Å²) in [5.41, 5.74) is 9.41. The maximum atomic E-state index is 14.2. The Hall–Kier alpha value is -4.25.